The first-order valence-electron chi connectivity index (χ1n) is 7.64. The molecule has 1 saturated heterocycles. The van der Waals surface area contributed by atoms with Gasteiger partial charge in [-0.15, -0.1) is 0 Å². The number of halogens is 1. The number of hydrogen-bond donors (Lipinski definition) is 1. The van der Waals surface area contributed by atoms with E-state index in [1.54, 1.807) is 31.4 Å². The van der Waals surface area contributed by atoms with E-state index >= 15 is 0 Å². The Hall–Kier alpha value is -1.76. The van der Waals surface area contributed by atoms with Crippen molar-refractivity contribution in [1.82, 2.24) is 0 Å². The molecule has 1 aliphatic rings. The lowest BCUT2D eigenvalue weighted by atomic mass is 10.2. The smallest absolute Gasteiger partial charge is 0.261 e. The molecule has 1 heterocycles. The zero-order chi connectivity index (χ0) is 17.2. The first-order chi connectivity index (χ1) is 11.5. The number of methoxy groups -OCH3 is 1. The van der Waals surface area contributed by atoms with Crippen LogP contribution in [0.4, 0.5) is 11.4 Å². The summed E-state index contributed by atoms with van der Waals surface area (Å²) in [6, 6.07) is 13.5. The normalized spacial score (nSPS) is 17.9. The summed E-state index contributed by atoms with van der Waals surface area (Å²) < 4.78 is 32.7. The molecule has 0 aromatic heterocycles. The van der Waals surface area contributed by atoms with Crippen molar-refractivity contribution in [3.05, 3.63) is 53.6 Å². The zero-order valence-corrected chi connectivity index (χ0v) is 14.8. The van der Waals surface area contributed by atoms with Gasteiger partial charge in [-0.05, 0) is 48.9 Å². The monoisotopic (exact) mass is 366 g/mol. The van der Waals surface area contributed by atoms with Gasteiger partial charge in [-0.25, -0.2) is 8.42 Å². The highest BCUT2D eigenvalue weighted by atomic mass is 35.5. The second kappa shape index (κ2) is 7.01. The highest BCUT2D eigenvalue weighted by Gasteiger charge is 2.22. The molecule has 3 rings (SSSR count). The molecule has 1 aliphatic heterocycles. The Morgan fingerprint density at radius 3 is 2.58 bits per heavy atom. The molecule has 7 heteroatoms. The minimum absolute atomic E-state index is 0.140. The standard InChI is InChI=1S/C17H19ClN2O3S/c1-23-16-9-10-20(12-16)15-7-5-14(6-8-15)19-24(21,22)17-4-2-3-13(18)11-17/h2-8,11,16,19H,9-10,12H2,1H3. The lowest BCUT2D eigenvalue weighted by Crippen LogP contribution is -2.22. The number of nitrogens with one attached hydrogen (secondary N) is 1. The van der Waals surface area contributed by atoms with Crippen molar-refractivity contribution in [3.63, 3.8) is 0 Å². The molecule has 0 amide bonds. The average Bonchev–Trinajstić information content (AvgIpc) is 3.04. The van der Waals surface area contributed by atoms with Crippen LogP contribution in [0.3, 0.4) is 0 Å². The Morgan fingerprint density at radius 1 is 1.21 bits per heavy atom. The lowest BCUT2D eigenvalue weighted by molar-refractivity contribution is 0.121. The van der Waals surface area contributed by atoms with Crippen molar-refractivity contribution in [3.8, 4) is 0 Å². The summed E-state index contributed by atoms with van der Waals surface area (Å²) in [6.45, 7) is 1.79. The predicted octanol–water partition coefficient (Wildman–Crippen LogP) is 3.37. The minimum Gasteiger partial charge on any atom is -0.380 e. The summed E-state index contributed by atoms with van der Waals surface area (Å²) in [5.41, 5.74) is 1.57. The highest BCUT2D eigenvalue weighted by molar-refractivity contribution is 7.92. The molecule has 2 aromatic carbocycles. The van der Waals surface area contributed by atoms with Gasteiger partial charge in [0.2, 0.25) is 0 Å². The molecule has 0 spiro atoms. The Labute approximate surface area is 147 Å². The van der Waals surface area contributed by atoms with Crippen molar-refractivity contribution in [2.45, 2.75) is 17.4 Å². The maximum absolute atomic E-state index is 12.4. The van der Waals surface area contributed by atoms with E-state index in [0.29, 0.717) is 10.7 Å². The quantitative estimate of drug-likeness (QED) is 0.881. The van der Waals surface area contributed by atoms with Gasteiger partial charge in [-0.1, -0.05) is 17.7 Å². The van der Waals surface area contributed by atoms with E-state index in [1.807, 2.05) is 12.1 Å². The van der Waals surface area contributed by atoms with E-state index in [2.05, 4.69) is 9.62 Å². The Balaban J connectivity index is 1.72. The Bertz CT molecular complexity index is 809. The molecular formula is C17H19ClN2O3S. The van der Waals surface area contributed by atoms with E-state index in [4.69, 9.17) is 16.3 Å². The van der Waals surface area contributed by atoms with Gasteiger partial charge in [-0.2, -0.15) is 0 Å². The van der Waals surface area contributed by atoms with Gasteiger partial charge in [0.1, 0.15) is 0 Å². The maximum Gasteiger partial charge on any atom is 0.261 e. The summed E-state index contributed by atoms with van der Waals surface area (Å²) in [5.74, 6) is 0. The largest absolute Gasteiger partial charge is 0.380 e. The molecule has 1 N–H and O–H groups in total. The van der Waals surface area contributed by atoms with Crippen molar-refractivity contribution in [1.29, 1.82) is 0 Å². The summed E-state index contributed by atoms with van der Waals surface area (Å²) in [7, 11) is -1.92. The second-order valence-electron chi connectivity index (χ2n) is 5.70. The van der Waals surface area contributed by atoms with Crippen LogP contribution in [0.1, 0.15) is 6.42 Å². The number of ether oxygens (including phenoxy) is 1. The van der Waals surface area contributed by atoms with Gasteiger partial charge >= 0.3 is 0 Å². The van der Waals surface area contributed by atoms with Crippen LogP contribution in [-0.2, 0) is 14.8 Å². The van der Waals surface area contributed by atoms with Crippen molar-refractivity contribution in [2.75, 3.05) is 29.8 Å². The molecule has 2 aromatic rings. The van der Waals surface area contributed by atoms with Crippen molar-refractivity contribution >= 4 is 33.0 Å². The fourth-order valence-electron chi connectivity index (χ4n) is 2.74. The van der Waals surface area contributed by atoms with Gasteiger partial charge in [0, 0.05) is 36.6 Å². The van der Waals surface area contributed by atoms with Crippen LogP contribution >= 0.6 is 11.6 Å². The van der Waals surface area contributed by atoms with Crippen LogP contribution in [0.15, 0.2) is 53.4 Å². The number of nitrogens with zero attached hydrogens (tertiary/aromatic N) is 1. The molecule has 5 nitrogen and oxygen atoms in total. The third kappa shape index (κ3) is 3.83. The number of rotatable bonds is 5. The zero-order valence-electron chi connectivity index (χ0n) is 13.3. The van der Waals surface area contributed by atoms with Gasteiger partial charge in [0.15, 0.2) is 0 Å². The molecule has 1 unspecified atom stereocenters. The SMILES string of the molecule is COC1CCN(c2ccc(NS(=O)(=O)c3cccc(Cl)c3)cc2)C1. The summed E-state index contributed by atoms with van der Waals surface area (Å²) in [4.78, 5) is 2.37. The molecular weight excluding hydrogens is 348 g/mol. The fraction of sp³-hybridized carbons (Fsp3) is 0.294. The average molecular weight is 367 g/mol. The molecule has 0 aliphatic carbocycles. The van der Waals surface area contributed by atoms with E-state index in [1.165, 1.54) is 12.1 Å². The molecule has 24 heavy (non-hydrogen) atoms. The minimum atomic E-state index is -3.65. The number of sulfonamides is 1. The van der Waals surface area contributed by atoms with Gasteiger partial charge in [0.05, 0.1) is 11.0 Å². The van der Waals surface area contributed by atoms with Crippen LogP contribution in [0, 0.1) is 0 Å². The summed E-state index contributed by atoms with van der Waals surface area (Å²) in [6.07, 6.45) is 1.26. The highest BCUT2D eigenvalue weighted by Crippen LogP contribution is 2.25. The Morgan fingerprint density at radius 2 is 1.96 bits per heavy atom. The van der Waals surface area contributed by atoms with Crippen LogP contribution in [-0.4, -0.2) is 34.7 Å². The molecule has 0 bridgehead atoms. The summed E-state index contributed by atoms with van der Waals surface area (Å²) in [5, 5.41) is 0.384. The van der Waals surface area contributed by atoms with E-state index < -0.39 is 10.0 Å². The number of anilines is 2. The maximum atomic E-state index is 12.4. The first-order valence-corrected chi connectivity index (χ1v) is 9.50. The van der Waals surface area contributed by atoms with Crippen molar-refractivity contribution < 1.29 is 13.2 Å². The van der Waals surface area contributed by atoms with Crippen LogP contribution in [0.5, 0.6) is 0 Å². The van der Waals surface area contributed by atoms with Gasteiger partial charge < -0.3 is 9.64 Å². The van der Waals surface area contributed by atoms with E-state index in [9.17, 15) is 8.42 Å². The van der Waals surface area contributed by atoms with E-state index in [-0.39, 0.29) is 11.0 Å². The van der Waals surface area contributed by atoms with Gasteiger partial charge in [-0.3, -0.25) is 4.72 Å². The third-order valence-electron chi connectivity index (χ3n) is 4.07. The molecule has 128 valence electrons. The topological polar surface area (TPSA) is 58.6 Å². The molecule has 1 fully saturated rings. The van der Waals surface area contributed by atoms with E-state index in [0.717, 1.165) is 25.2 Å². The number of benzene rings is 2. The molecule has 0 saturated carbocycles. The van der Waals surface area contributed by atoms with Crippen LogP contribution in [0.25, 0.3) is 0 Å². The van der Waals surface area contributed by atoms with Crippen LogP contribution in [0.2, 0.25) is 5.02 Å². The molecule has 0 radical (unpaired) electrons. The van der Waals surface area contributed by atoms with Gasteiger partial charge in [0.25, 0.3) is 10.0 Å². The fourth-order valence-corrected chi connectivity index (χ4v) is 4.10. The predicted molar refractivity (Wildman–Crippen MR) is 96.3 cm³/mol. The van der Waals surface area contributed by atoms with Crippen LogP contribution < -0.4 is 9.62 Å². The second-order valence-corrected chi connectivity index (χ2v) is 7.82. The third-order valence-corrected chi connectivity index (χ3v) is 5.68. The first kappa shape index (κ1) is 17.1. The summed E-state index contributed by atoms with van der Waals surface area (Å²) >= 11 is 5.86. The van der Waals surface area contributed by atoms with Crippen molar-refractivity contribution in [2.24, 2.45) is 0 Å². The number of hydrogen-bond acceptors (Lipinski definition) is 4. The molecule has 1 atom stereocenters. The Kier molecular flexibility index (Phi) is 4.99. The lowest BCUT2D eigenvalue weighted by Gasteiger charge is -2.19.